The normalized spacial score (nSPS) is 11.7. The Kier molecular flexibility index (Phi) is 5.43. The van der Waals surface area contributed by atoms with E-state index in [2.05, 4.69) is 9.71 Å². The third kappa shape index (κ3) is 4.62. The molecule has 0 aliphatic carbocycles. The zero-order valence-electron chi connectivity index (χ0n) is 11.2. The lowest BCUT2D eigenvalue weighted by Crippen LogP contribution is -2.27. The van der Waals surface area contributed by atoms with Gasteiger partial charge in [0.25, 0.3) is 10.0 Å². The Balaban J connectivity index is 1.72. The lowest BCUT2D eigenvalue weighted by Gasteiger charge is -2.06. The lowest BCUT2D eigenvalue weighted by molar-refractivity contribution is 0.105. The second-order valence-corrected chi connectivity index (χ2v) is 5.86. The summed E-state index contributed by atoms with van der Waals surface area (Å²) in [5.74, 6) is -0.176. The monoisotopic (exact) mass is 314 g/mol. The van der Waals surface area contributed by atoms with Crippen molar-refractivity contribution in [3.63, 3.8) is 0 Å². The number of hydrogen-bond donors (Lipinski definition) is 1. The highest BCUT2D eigenvalue weighted by atomic mass is 32.2. The number of furan rings is 1. The Hall–Kier alpha value is -1.77. The number of ether oxygens (including phenoxy) is 1. The Bertz CT molecular complexity index is 659. The number of nitrogens with one attached hydrogen (secondary N) is 1. The van der Waals surface area contributed by atoms with Crippen molar-refractivity contribution in [2.45, 2.75) is 18.1 Å². The first-order chi connectivity index (χ1) is 10.1. The van der Waals surface area contributed by atoms with Gasteiger partial charge in [-0.15, -0.1) is 0 Å². The highest BCUT2D eigenvalue weighted by Gasteiger charge is 2.19. The van der Waals surface area contributed by atoms with Crippen LogP contribution in [0.5, 0.6) is 0 Å². The van der Waals surface area contributed by atoms with E-state index in [1.807, 2.05) is 0 Å². The van der Waals surface area contributed by atoms with Crippen LogP contribution in [-0.2, 0) is 21.4 Å². The molecule has 8 heteroatoms. The molecule has 0 aliphatic rings. The Morgan fingerprint density at radius 2 is 2.19 bits per heavy atom. The average Bonchev–Trinajstić information content (AvgIpc) is 2.96. The van der Waals surface area contributed by atoms with Gasteiger partial charge in [-0.05, 0) is 30.7 Å². The highest BCUT2D eigenvalue weighted by Crippen LogP contribution is 2.09. The van der Waals surface area contributed by atoms with E-state index in [1.165, 1.54) is 12.3 Å². The SMILES string of the molecule is O=S(=O)(NCCCOCc1ccco1)c1ncccc1F. The molecule has 2 rings (SSSR count). The molecule has 0 saturated heterocycles. The third-order valence-corrected chi connectivity index (χ3v) is 3.95. The van der Waals surface area contributed by atoms with Gasteiger partial charge in [0.15, 0.2) is 5.82 Å². The Morgan fingerprint density at radius 1 is 1.33 bits per heavy atom. The number of sulfonamides is 1. The van der Waals surface area contributed by atoms with Crippen molar-refractivity contribution in [3.8, 4) is 0 Å². The van der Waals surface area contributed by atoms with Crippen LogP contribution in [0.3, 0.4) is 0 Å². The van der Waals surface area contributed by atoms with Crippen molar-refractivity contribution >= 4 is 10.0 Å². The van der Waals surface area contributed by atoms with Crippen LogP contribution in [0, 0.1) is 5.82 Å². The molecular formula is C13H15FN2O4S. The molecule has 0 spiro atoms. The molecule has 114 valence electrons. The zero-order valence-corrected chi connectivity index (χ0v) is 12.0. The van der Waals surface area contributed by atoms with E-state index < -0.39 is 20.9 Å². The van der Waals surface area contributed by atoms with Crippen LogP contribution in [0.1, 0.15) is 12.2 Å². The summed E-state index contributed by atoms with van der Waals surface area (Å²) in [7, 11) is -3.93. The van der Waals surface area contributed by atoms with E-state index >= 15 is 0 Å². The third-order valence-electron chi connectivity index (χ3n) is 2.56. The maximum Gasteiger partial charge on any atom is 0.261 e. The molecule has 0 amide bonds. The van der Waals surface area contributed by atoms with Gasteiger partial charge in [-0.1, -0.05) is 0 Å². The summed E-state index contributed by atoms with van der Waals surface area (Å²) < 4.78 is 49.6. The number of hydrogen-bond acceptors (Lipinski definition) is 5. The predicted octanol–water partition coefficient (Wildman–Crippen LogP) is 1.70. The molecule has 0 unspecified atom stereocenters. The summed E-state index contributed by atoms with van der Waals surface area (Å²) in [6, 6.07) is 5.92. The first-order valence-corrected chi connectivity index (χ1v) is 7.78. The van der Waals surface area contributed by atoms with Crippen molar-refractivity contribution in [1.82, 2.24) is 9.71 Å². The van der Waals surface area contributed by atoms with Crippen molar-refractivity contribution in [1.29, 1.82) is 0 Å². The van der Waals surface area contributed by atoms with Gasteiger partial charge in [0.05, 0.1) is 6.26 Å². The summed E-state index contributed by atoms with van der Waals surface area (Å²) in [6.45, 7) is 0.818. The van der Waals surface area contributed by atoms with E-state index in [0.717, 1.165) is 6.07 Å². The Morgan fingerprint density at radius 3 is 2.90 bits per heavy atom. The molecule has 1 N–H and O–H groups in total. The first-order valence-electron chi connectivity index (χ1n) is 6.30. The highest BCUT2D eigenvalue weighted by molar-refractivity contribution is 7.89. The Labute approximate surface area is 122 Å². The van der Waals surface area contributed by atoms with Gasteiger partial charge in [-0.2, -0.15) is 0 Å². The molecule has 2 heterocycles. The van der Waals surface area contributed by atoms with E-state index in [0.29, 0.717) is 25.4 Å². The average molecular weight is 314 g/mol. The van der Waals surface area contributed by atoms with Gasteiger partial charge >= 0.3 is 0 Å². The summed E-state index contributed by atoms with van der Waals surface area (Å²) in [6.07, 6.45) is 3.23. The predicted molar refractivity (Wildman–Crippen MR) is 72.4 cm³/mol. The van der Waals surface area contributed by atoms with Gasteiger partial charge < -0.3 is 9.15 Å². The van der Waals surface area contributed by atoms with Gasteiger partial charge in [0.2, 0.25) is 5.03 Å². The van der Waals surface area contributed by atoms with Crippen LogP contribution in [-0.4, -0.2) is 26.6 Å². The van der Waals surface area contributed by atoms with Crippen LogP contribution in [0.15, 0.2) is 46.2 Å². The molecule has 0 aromatic carbocycles. The number of halogens is 1. The van der Waals surface area contributed by atoms with Crippen molar-refractivity contribution in [3.05, 3.63) is 48.3 Å². The fourth-order valence-electron chi connectivity index (χ4n) is 1.59. The molecule has 0 atom stereocenters. The maximum absolute atomic E-state index is 13.4. The summed E-state index contributed by atoms with van der Waals surface area (Å²) in [4.78, 5) is 3.53. The van der Waals surface area contributed by atoms with Crippen LogP contribution in [0.2, 0.25) is 0 Å². The van der Waals surface area contributed by atoms with Gasteiger partial charge in [-0.3, -0.25) is 0 Å². The first kappa shape index (κ1) is 15.6. The van der Waals surface area contributed by atoms with Crippen molar-refractivity contribution < 1.29 is 22.0 Å². The molecule has 0 bridgehead atoms. The smallest absolute Gasteiger partial charge is 0.261 e. The fourth-order valence-corrected chi connectivity index (χ4v) is 2.66. The maximum atomic E-state index is 13.4. The van der Waals surface area contributed by atoms with Gasteiger partial charge in [-0.25, -0.2) is 22.5 Å². The van der Waals surface area contributed by atoms with E-state index in [-0.39, 0.29) is 6.54 Å². The second kappa shape index (κ2) is 7.30. The topological polar surface area (TPSA) is 81.4 Å². The number of rotatable bonds is 8. The van der Waals surface area contributed by atoms with E-state index in [9.17, 15) is 12.8 Å². The molecule has 2 aromatic heterocycles. The standard InChI is InChI=1S/C13H15FN2O4S/c14-12-5-1-6-15-13(12)21(17,18)16-7-3-8-19-10-11-4-2-9-20-11/h1-2,4-6,9,16H,3,7-8,10H2. The molecule has 6 nitrogen and oxygen atoms in total. The minimum Gasteiger partial charge on any atom is -0.467 e. The van der Waals surface area contributed by atoms with Gasteiger partial charge in [0.1, 0.15) is 12.4 Å². The van der Waals surface area contributed by atoms with Crippen LogP contribution >= 0.6 is 0 Å². The second-order valence-electron chi connectivity index (χ2n) is 4.17. The van der Waals surface area contributed by atoms with E-state index in [1.54, 1.807) is 18.4 Å². The molecule has 0 saturated carbocycles. The van der Waals surface area contributed by atoms with Gasteiger partial charge in [0, 0.05) is 19.3 Å². The molecule has 0 radical (unpaired) electrons. The van der Waals surface area contributed by atoms with Crippen LogP contribution < -0.4 is 4.72 Å². The molecule has 21 heavy (non-hydrogen) atoms. The summed E-state index contributed by atoms with van der Waals surface area (Å²) >= 11 is 0. The van der Waals surface area contributed by atoms with E-state index in [4.69, 9.17) is 9.15 Å². The minimum absolute atomic E-state index is 0.135. The molecule has 0 aliphatic heterocycles. The number of aromatic nitrogens is 1. The minimum atomic E-state index is -3.93. The van der Waals surface area contributed by atoms with Crippen molar-refractivity contribution in [2.75, 3.05) is 13.2 Å². The largest absolute Gasteiger partial charge is 0.467 e. The molecule has 2 aromatic rings. The summed E-state index contributed by atoms with van der Waals surface area (Å²) in [5, 5.41) is -0.596. The number of pyridine rings is 1. The number of nitrogens with zero attached hydrogens (tertiary/aromatic N) is 1. The fraction of sp³-hybridized carbons (Fsp3) is 0.308. The molecular weight excluding hydrogens is 299 g/mol. The van der Waals surface area contributed by atoms with Crippen molar-refractivity contribution in [2.24, 2.45) is 0 Å². The van der Waals surface area contributed by atoms with Crippen LogP contribution in [0.25, 0.3) is 0 Å². The zero-order chi connectivity index (χ0) is 15.1. The lowest BCUT2D eigenvalue weighted by atomic mass is 10.4. The summed E-state index contributed by atoms with van der Waals surface area (Å²) in [5.41, 5.74) is 0. The molecule has 0 fully saturated rings. The quantitative estimate of drug-likeness (QED) is 0.750. The van der Waals surface area contributed by atoms with Crippen LogP contribution in [0.4, 0.5) is 4.39 Å².